The molecule has 1 aliphatic heterocycles. The number of hydrogen-bond acceptors (Lipinski definition) is 5. The number of carbonyl (C=O) groups excluding carboxylic acids is 3. The van der Waals surface area contributed by atoms with Gasteiger partial charge in [0.25, 0.3) is 5.91 Å². The zero-order valence-electron chi connectivity index (χ0n) is 18.5. The third kappa shape index (κ3) is 5.03. The molecule has 174 valence electrons. The van der Waals surface area contributed by atoms with Gasteiger partial charge < -0.3 is 15.0 Å². The van der Waals surface area contributed by atoms with Gasteiger partial charge in [-0.25, -0.2) is 9.18 Å². The number of ether oxygens (including phenoxy) is 1. The highest BCUT2D eigenvalue weighted by molar-refractivity contribution is 5.98. The van der Waals surface area contributed by atoms with Crippen LogP contribution in [0, 0.1) is 5.82 Å². The Balaban J connectivity index is 1.55. The second kappa shape index (κ2) is 10.1. The average Bonchev–Trinajstić information content (AvgIpc) is 3.14. The number of imide groups is 1. The van der Waals surface area contributed by atoms with Crippen LogP contribution in [0.5, 0.6) is 5.75 Å². The molecule has 4 rings (SSSR count). The van der Waals surface area contributed by atoms with E-state index in [1.165, 1.54) is 6.07 Å². The van der Waals surface area contributed by atoms with E-state index in [9.17, 15) is 18.8 Å². The molecule has 0 saturated carbocycles. The number of halogens is 1. The first-order chi connectivity index (χ1) is 16.5. The van der Waals surface area contributed by atoms with Crippen molar-refractivity contribution in [3.05, 3.63) is 83.3 Å². The molecule has 0 radical (unpaired) electrons. The summed E-state index contributed by atoms with van der Waals surface area (Å²) >= 11 is 0. The summed E-state index contributed by atoms with van der Waals surface area (Å²) in [7, 11) is 0. The van der Waals surface area contributed by atoms with Gasteiger partial charge in [-0.15, -0.1) is 0 Å². The monoisotopic (exact) mass is 462 g/mol. The highest BCUT2D eigenvalue weighted by Gasteiger charge is 2.30. The maximum Gasteiger partial charge on any atom is 0.321 e. The summed E-state index contributed by atoms with van der Waals surface area (Å²) in [6.45, 7) is 2.96. The van der Waals surface area contributed by atoms with Gasteiger partial charge in [-0.05, 0) is 42.3 Å². The van der Waals surface area contributed by atoms with Gasteiger partial charge in [-0.1, -0.05) is 30.3 Å². The zero-order chi connectivity index (χ0) is 24.1. The van der Waals surface area contributed by atoms with E-state index in [-0.39, 0.29) is 12.5 Å². The first kappa shape index (κ1) is 22.9. The molecule has 2 N–H and O–H groups in total. The third-order valence-electron chi connectivity index (χ3n) is 5.51. The lowest BCUT2D eigenvalue weighted by atomic mass is 10.0. The van der Waals surface area contributed by atoms with Gasteiger partial charge in [-0.3, -0.25) is 19.9 Å². The van der Waals surface area contributed by atoms with Crippen molar-refractivity contribution in [1.29, 1.82) is 0 Å². The first-order valence-electron chi connectivity index (χ1n) is 10.8. The van der Waals surface area contributed by atoms with E-state index in [0.29, 0.717) is 36.6 Å². The quantitative estimate of drug-likeness (QED) is 0.500. The van der Waals surface area contributed by atoms with Crippen molar-refractivity contribution < 1.29 is 23.5 Å². The molecule has 0 spiro atoms. The molecule has 1 atom stereocenters. The van der Waals surface area contributed by atoms with Crippen LogP contribution in [0.3, 0.4) is 0 Å². The fraction of sp³-hybridized carbons (Fsp3) is 0.200. The smallest absolute Gasteiger partial charge is 0.321 e. The van der Waals surface area contributed by atoms with E-state index in [1.54, 1.807) is 41.3 Å². The Hall–Kier alpha value is -4.27. The molecule has 2 aromatic carbocycles. The van der Waals surface area contributed by atoms with E-state index < -0.39 is 17.9 Å². The second-order valence-corrected chi connectivity index (χ2v) is 7.71. The molecule has 2 heterocycles. The minimum atomic E-state index is -0.674. The topological polar surface area (TPSA) is 101 Å². The van der Waals surface area contributed by atoms with Crippen LogP contribution in [-0.4, -0.2) is 41.4 Å². The minimum Gasteiger partial charge on any atom is -0.494 e. The summed E-state index contributed by atoms with van der Waals surface area (Å²) < 4.78 is 18.7. The molecular formula is C25H23FN4O4. The van der Waals surface area contributed by atoms with E-state index in [2.05, 4.69) is 15.6 Å². The Morgan fingerprint density at radius 3 is 2.68 bits per heavy atom. The lowest BCUT2D eigenvalue weighted by Crippen LogP contribution is -2.42. The fourth-order valence-electron chi connectivity index (χ4n) is 3.89. The predicted octanol–water partition coefficient (Wildman–Crippen LogP) is 3.44. The minimum absolute atomic E-state index is 0.161. The number of rotatable bonds is 8. The summed E-state index contributed by atoms with van der Waals surface area (Å²) in [5.74, 6) is 0.0447. The van der Waals surface area contributed by atoms with Gasteiger partial charge in [0.2, 0.25) is 6.41 Å². The van der Waals surface area contributed by atoms with Crippen molar-refractivity contribution in [2.45, 2.75) is 19.5 Å². The standard InChI is InChI=1S/C25H23FN4O4/c1-2-34-20-9-7-18-13-30(24(32)21(18)11-20)14-23(29-25(33)28-15-31)17-5-3-16(4-6-17)22-10-8-19(26)12-27-22/h3-12,15,23H,2,13-14H2,1H3,(H2,28,29,31,33)/t23-/m0/s1. The molecule has 0 aliphatic carbocycles. The molecule has 34 heavy (non-hydrogen) atoms. The van der Waals surface area contributed by atoms with Crippen LogP contribution in [0.2, 0.25) is 0 Å². The molecule has 1 aromatic heterocycles. The summed E-state index contributed by atoms with van der Waals surface area (Å²) in [4.78, 5) is 41.6. The largest absolute Gasteiger partial charge is 0.494 e. The normalized spacial score (nSPS) is 13.2. The summed E-state index contributed by atoms with van der Waals surface area (Å²) in [5.41, 5.74) is 3.55. The van der Waals surface area contributed by atoms with E-state index >= 15 is 0 Å². The third-order valence-corrected chi connectivity index (χ3v) is 5.51. The van der Waals surface area contributed by atoms with Crippen molar-refractivity contribution in [1.82, 2.24) is 20.5 Å². The van der Waals surface area contributed by atoms with Crippen molar-refractivity contribution in [2.24, 2.45) is 0 Å². The number of fused-ring (bicyclic) bond motifs is 1. The van der Waals surface area contributed by atoms with E-state index in [0.717, 1.165) is 22.9 Å². The Kier molecular flexibility index (Phi) is 6.82. The lowest BCUT2D eigenvalue weighted by Gasteiger charge is -2.25. The van der Waals surface area contributed by atoms with Gasteiger partial charge in [0, 0.05) is 24.2 Å². The molecule has 4 amide bonds. The fourth-order valence-corrected chi connectivity index (χ4v) is 3.89. The summed E-state index contributed by atoms with van der Waals surface area (Å²) in [6.07, 6.45) is 1.44. The van der Waals surface area contributed by atoms with Crippen molar-refractivity contribution in [3.63, 3.8) is 0 Å². The van der Waals surface area contributed by atoms with Crippen molar-refractivity contribution >= 4 is 18.3 Å². The second-order valence-electron chi connectivity index (χ2n) is 7.71. The van der Waals surface area contributed by atoms with Crippen LogP contribution in [0.15, 0.2) is 60.8 Å². The zero-order valence-corrected chi connectivity index (χ0v) is 18.5. The first-order valence-corrected chi connectivity index (χ1v) is 10.8. The number of urea groups is 1. The number of aromatic nitrogens is 1. The number of pyridine rings is 1. The number of benzene rings is 2. The van der Waals surface area contributed by atoms with Crippen LogP contribution in [0.4, 0.5) is 9.18 Å². The van der Waals surface area contributed by atoms with Crippen LogP contribution in [0.25, 0.3) is 11.3 Å². The number of nitrogens with zero attached hydrogens (tertiary/aromatic N) is 2. The summed E-state index contributed by atoms with van der Waals surface area (Å²) in [6, 6.07) is 14.3. The van der Waals surface area contributed by atoms with Gasteiger partial charge in [-0.2, -0.15) is 0 Å². The van der Waals surface area contributed by atoms with Gasteiger partial charge >= 0.3 is 6.03 Å². The van der Waals surface area contributed by atoms with Gasteiger partial charge in [0.15, 0.2) is 0 Å². The molecular weight excluding hydrogens is 439 g/mol. The molecule has 0 saturated heterocycles. The van der Waals surface area contributed by atoms with Crippen LogP contribution in [-0.2, 0) is 11.3 Å². The van der Waals surface area contributed by atoms with Crippen LogP contribution < -0.4 is 15.4 Å². The molecule has 3 aromatic rings. The van der Waals surface area contributed by atoms with Gasteiger partial charge in [0.1, 0.15) is 11.6 Å². The van der Waals surface area contributed by atoms with Crippen LogP contribution in [0.1, 0.15) is 34.5 Å². The highest BCUT2D eigenvalue weighted by Crippen LogP contribution is 2.29. The maximum absolute atomic E-state index is 13.2. The molecule has 0 bridgehead atoms. The maximum atomic E-state index is 13.2. The van der Waals surface area contributed by atoms with Gasteiger partial charge in [0.05, 0.1) is 24.5 Å². The lowest BCUT2D eigenvalue weighted by molar-refractivity contribution is -0.108. The Labute approximate surface area is 195 Å². The molecule has 8 nitrogen and oxygen atoms in total. The number of carbonyl (C=O) groups is 3. The highest BCUT2D eigenvalue weighted by atomic mass is 19.1. The Morgan fingerprint density at radius 2 is 2.00 bits per heavy atom. The molecule has 0 fully saturated rings. The van der Waals surface area contributed by atoms with Crippen molar-refractivity contribution in [3.8, 4) is 17.0 Å². The number of nitrogens with one attached hydrogen (secondary N) is 2. The van der Waals surface area contributed by atoms with Crippen molar-refractivity contribution in [2.75, 3.05) is 13.2 Å². The van der Waals surface area contributed by atoms with E-state index in [1.807, 2.05) is 19.1 Å². The summed E-state index contributed by atoms with van der Waals surface area (Å²) in [5, 5.41) is 4.81. The SMILES string of the molecule is CCOc1ccc2c(c1)C(=O)N(C[C@H](NC(=O)NC=O)c1ccc(-c3ccc(F)cn3)cc1)C2. The van der Waals surface area contributed by atoms with E-state index in [4.69, 9.17) is 4.74 Å². The number of amides is 4. The number of hydrogen-bond donors (Lipinski definition) is 2. The molecule has 1 aliphatic rings. The molecule has 0 unspecified atom stereocenters. The van der Waals surface area contributed by atoms with Crippen LogP contribution >= 0.6 is 0 Å². The predicted molar refractivity (Wildman–Crippen MR) is 122 cm³/mol. The average molecular weight is 462 g/mol. The Morgan fingerprint density at radius 1 is 1.21 bits per heavy atom. The Bertz CT molecular complexity index is 1200. The molecule has 9 heteroatoms.